The summed E-state index contributed by atoms with van der Waals surface area (Å²) in [6.45, 7) is 0. The number of hydrogen-bond acceptors (Lipinski definition) is 4. The second-order valence-electron chi connectivity index (χ2n) is 10.00. The van der Waals surface area contributed by atoms with Crippen molar-refractivity contribution in [3.05, 3.63) is 152 Å². The Morgan fingerprint density at radius 1 is 0.465 bits per heavy atom. The molecule has 2 aromatic heterocycles. The smallest absolute Gasteiger partial charge is 0.164 e. The number of hydrogen-bond donors (Lipinski definition) is 0. The summed E-state index contributed by atoms with van der Waals surface area (Å²) in [5, 5.41) is 0.185. The molecule has 0 spiro atoms. The van der Waals surface area contributed by atoms with E-state index in [-0.39, 0.29) is 75.1 Å². The lowest BCUT2D eigenvalue weighted by molar-refractivity contribution is 0.670. The fraction of sp³-hybridized carbons (Fsp3) is 0. The average Bonchev–Trinajstić information content (AvgIpc) is 3.55. The van der Waals surface area contributed by atoms with E-state index in [2.05, 4.69) is 0 Å². The lowest BCUT2D eigenvalue weighted by atomic mass is 10.0. The van der Waals surface area contributed by atoms with Gasteiger partial charge in [0, 0.05) is 33.0 Å². The van der Waals surface area contributed by atoms with E-state index in [9.17, 15) is 1.37 Å². The number of rotatable bonds is 5. The van der Waals surface area contributed by atoms with Crippen LogP contribution < -0.4 is 0 Å². The molecular weight excluding hydrogens is 526 g/mol. The summed E-state index contributed by atoms with van der Waals surface area (Å²) >= 11 is 0. The van der Waals surface area contributed by atoms with Crippen LogP contribution in [0.25, 0.3) is 78.4 Å². The number of nitrogens with zero attached hydrogens (tertiary/aromatic N) is 3. The first-order valence-corrected chi connectivity index (χ1v) is 13.8. The van der Waals surface area contributed by atoms with E-state index in [4.69, 9.17) is 26.2 Å². The first-order chi connectivity index (χ1) is 23.8. The highest BCUT2D eigenvalue weighted by Crippen LogP contribution is 2.37. The van der Waals surface area contributed by atoms with Gasteiger partial charge in [-0.05, 0) is 34.8 Å². The number of furan rings is 1. The molecule has 6 aromatic carbocycles. The zero-order valence-corrected chi connectivity index (χ0v) is 22.7. The second-order valence-corrected chi connectivity index (χ2v) is 10.00. The molecule has 0 N–H and O–H groups in total. The lowest BCUT2D eigenvalue weighted by Gasteiger charge is -2.09. The number of benzene rings is 6. The molecule has 0 bridgehead atoms. The van der Waals surface area contributed by atoms with Crippen molar-refractivity contribution in [3.63, 3.8) is 0 Å². The van der Waals surface area contributed by atoms with Gasteiger partial charge in [0.25, 0.3) is 0 Å². The van der Waals surface area contributed by atoms with Crippen LogP contribution in [0.4, 0.5) is 0 Å². The Labute approximate surface area is 257 Å². The Balaban J connectivity index is 1.40. The fourth-order valence-electron chi connectivity index (χ4n) is 5.14. The van der Waals surface area contributed by atoms with Gasteiger partial charge in [-0.15, -0.1) is 0 Å². The van der Waals surface area contributed by atoms with Crippen LogP contribution in [-0.4, -0.2) is 15.0 Å². The molecule has 0 radical (unpaired) electrons. The fourth-order valence-corrected chi connectivity index (χ4v) is 5.14. The minimum absolute atomic E-state index is 0.0246. The van der Waals surface area contributed by atoms with Crippen molar-refractivity contribution in [3.8, 4) is 56.4 Å². The molecule has 0 saturated heterocycles. The van der Waals surface area contributed by atoms with E-state index >= 15 is 0 Å². The predicted octanol–water partition coefficient (Wildman–Crippen LogP) is 10.1. The molecule has 0 amide bonds. The third-order valence-electron chi connectivity index (χ3n) is 7.24. The second kappa shape index (κ2) is 10.5. The molecule has 0 unspecified atom stereocenters. The minimum Gasteiger partial charge on any atom is -0.455 e. The molecule has 8 aromatic rings. The maximum Gasteiger partial charge on any atom is 0.164 e. The Bertz CT molecular complexity index is 2560. The van der Waals surface area contributed by atoms with E-state index in [1.165, 1.54) is 0 Å². The number of fused-ring (bicyclic) bond motifs is 3. The molecule has 4 nitrogen and oxygen atoms in total. The van der Waals surface area contributed by atoms with Crippen molar-refractivity contribution in [1.29, 1.82) is 0 Å². The van der Waals surface area contributed by atoms with E-state index in [1.807, 2.05) is 91.0 Å². The van der Waals surface area contributed by atoms with Gasteiger partial charge >= 0.3 is 0 Å². The SMILES string of the molecule is [2H]c1c([2H])c([2H])c2c(oc3c([2H])c(-c4nc(-c5ccccc5)nc(-c5cccc(-c6ccccc6)c5)n4)c([2H])c([2H])c32)c1-c1ccccc1. The molecule has 43 heavy (non-hydrogen) atoms. The standard InChI is InChI=1S/C39H25N3O/c1-4-12-26(13-5-1)29-18-10-19-30(24-29)38-40-37(28-16-8-3-9-17-28)41-39(42-38)31-22-23-33-34-21-11-20-32(27-14-6-2-7-15-27)36(34)43-35(33)25-31/h1-25H/i11D,20D,21D,22D,23D,25D. The summed E-state index contributed by atoms with van der Waals surface area (Å²) in [7, 11) is 0. The van der Waals surface area contributed by atoms with Crippen LogP contribution in [-0.2, 0) is 0 Å². The lowest BCUT2D eigenvalue weighted by Crippen LogP contribution is -2.00. The van der Waals surface area contributed by atoms with Crippen molar-refractivity contribution in [2.45, 2.75) is 0 Å². The van der Waals surface area contributed by atoms with Crippen LogP contribution in [0.15, 0.2) is 156 Å². The minimum atomic E-state index is -0.331. The molecule has 0 atom stereocenters. The summed E-state index contributed by atoms with van der Waals surface area (Å²) < 4.78 is 60.0. The summed E-state index contributed by atoms with van der Waals surface area (Å²) in [6, 6.07) is 34.4. The van der Waals surface area contributed by atoms with Crippen LogP contribution in [0, 0.1) is 0 Å². The Morgan fingerprint density at radius 3 is 1.77 bits per heavy atom. The molecule has 0 aliphatic carbocycles. The highest BCUT2D eigenvalue weighted by molar-refractivity contribution is 6.10. The Hall–Kier alpha value is -5.87. The van der Waals surface area contributed by atoms with E-state index in [0.717, 1.165) is 11.1 Å². The van der Waals surface area contributed by atoms with Crippen LogP contribution in [0.3, 0.4) is 0 Å². The summed E-state index contributed by atoms with van der Waals surface area (Å²) in [6.07, 6.45) is 0. The first-order valence-electron chi connectivity index (χ1n) is 16.8. The third-order valence-corrected chi connectivity index (χ3v) is 7.24. The highest BCUT2D eigenvalue weighted by Gasteiger charge is 2.16. The molecule has 0 saturated carbocycles. The predicted molar refractivity (Wildman–Crippen MR) is 174 cm³/mol. The molecule has 202 valence electrons. The van der Waals surface area contributed by atoms with Crippen LogP contribution in [0.1, 0.15) is 8.22 Å². The Morgan fingerprint density at radius 2 is 1.05 bits per heavy atom. The van der Waals surface area contributed by atoms with Gasteiger partial charge in [-0.25, -0.2) is 15.0 Å². The van der Waals surface area contributed by atoms with Gasteiger partial charge < -0.3 is 4.42 Å². The third kappa shape index (κ3) is 4.65. The first kappa shape index (κ1) is 19.3. The largest absolute Gasteiger partial charge is 0.455 e. The highest BCUT2D eigenvalue weighted by atomic mass is 16.3. The number of para-hydroxylation sites is 1. The zero-order chi connectivity index (χ0) is 33.8. The van der Waals surface area contributed by atoms with Gasteiger partial charge in [-0.3, -0.25) is 0 Å². The Kier molecular flexibility index (Phi) is 4.71. The van der Waals surface area contributed by atoms with E-state index < -0.39 is 0 Å². The zero-order valence-electron chi connectivity index (χ0n) is 28.7. The molecule has 2 heterocycles. The van der Waals surface area contributed by atoms with Gasteiger partial charge in [-0.1, -0.05) is 133 Å². The van der Waals surface area contributed by atoms with Gasteiger partial charge in [0.05, 0.1) is 8.22 Å². The molecule has 0 fully saturated rings. The summed E-state index contributed by atoms with van der Waals surface area (Å²) in [4.78, 5) is 14.3. The van der Waals surface area contributed by atoms with Gasteiger partial charge in [0.1, 0.15) is 11.2 Å². The van der Waals surface area contributed by atoms with Gasteiger partial charge in [0.2, 0.25) is 0 Å². The van der Waals surface area contributed by atoms with Crippen LogP contribution in [0.5, 0.6) is 0 Å². The quantitative estimate of drug-likeness (QED) is 0.211. The molecular formula is C39H25N3O. The molecule has 4 heteroatoms. The van der Waals surface area contributed by atoms with Crippen LogP contribution >= 0.6 is 0 Å². The number of aromatic nitrogens is 3. The monoisotopic (exact) mass is 557 g/mol. The molecule has 0 aliphatic rings. The van der Waals surface area contributed by atoms with Crippen molar-refractivity contribution >= 4 is 21.9 Å². The topological polar surface area (TPSA) is 51.8 Å². The normalized spacial score (nSPS) is 13.2. The molecule has 8 rings (SSSR count). The molecule has 0 aliphatic heterocycles. The maximum atomic E-state index is 9.34. The maximum absolute atomic E-state index is 9.34. The summed E-state index contributed by atoms with van der Waals surface area (Å²) in [5.41, 5.74) is 4.32. The van der Waals surface area contributed by atoms with Gasteiger partial charge in [-0.2, -0.15) is 0 Å². The van der Waals surface area contributed by atoms with E-state index in [0.29, 0.717) is 28.3 Å². The van der Waals surface area contributed by atoms with Crippen molar-refractivity contribution in [2.24, 2.45) is 0 Å². The van der Waals surface area contributed by atoms with Crippen LogP contribution in [0.2, 0.25) is 0 Å². The van der Waals surface area contributed by atoms with E-state index in [1.54, 1.807) is 24.3 Å². The van der Waals surface area contributed by atoms with Gasteiger partial charge in [0.15, 0.2) is 17.5 Å². The van der Waals surface area contributed by atoms with Crippen molar-refractivity contribution in [2.75, 3.05) is 0 Å². The van der Waals surface area contributed by atoms with Crippen molar-refractivity contribution < 1.29 is 12.6 Å². The van der Waals surface area contributed by atoms with Crippen molar-refractivity contribution in [1.82, 2.24) is 15.0 Å². The average molecular weight is 558 g/mol. The summed E-state index contributed by atoms with van der Waals surface area (Å²) in [5.74, 6) is 0.684.